The quantitative estimate of drug-likeness (QED) is 0.191. The molecule has 0 fully saturated rings. The van der Waals surface area contributed by atoms with E-state index >= 15 is 0 Å². The van der Waals surface area contributed by atoms with Gasteiger partial charge in [-0.15, -0.1) is 0 Å². The zero-order valence-electron chi connectivity index (χ0n) is 24.9. The van der Waals surface area contributed by atoms with E-state index in [1.54, 1.807) is 30.6 Å². The number of amides is 2. The lowest BCUT2D eigenvalue weighted by Crippen LogP contribution is -2.40. The number of ether oxygens (including phenoxy) is 3. The van der Waals surface area contributed by atoms with Crippen LogP contribution in [0.5, 0.6) is 0 Å². The van der Waals surface area contributed by atoms with E-state index in [-0.39, 0.29) is 6.09 Å². The Kier molecular flexibility index (Phi) is 15.1. The highest BCUT2D eigenvalue weighted by molar-refractivity contribution is 5.75. The van der Waals surface area contributed by atoms with Gasteiger partial charge in [0.2, 0.25) is 0 Å². The van der Waals surface area contributed by atoms with E-state index in [0.717, 1.165) is 12.8 Å². The summed E-state index contributed by atoms with van der Waals surface area (Å²) in [6.07, 6.45) is 3.17. The van der Waals surface area contributed by atoms with E-state index in [9.17, 15) is 14.4 Å². The van der Waals surface area contributed by atoms with Crippen LogP contribution in [-0.4, -0.2) is 83.5 Å². The standard InChI is InChI=1S/C27H54N4O6/c1-25(2,3)35-22(32)21(29)15-14-20-31(24(34)37-27(7,8)9)19-13-12-18-30(17-11-10-16-28)23(33)36-26(4,5)6/h21H,10-20,28-29H2,1-9H3. The van der Waals surface area contributed by atoms with E-state index < -0.39 is 34.9 Å². The van der Waals surface area contributed by atoms with E-state index in [1.807, 2.05) is 41.5 Å². The molecule has 1 unspecified atom stereocenters. The number of nitrogens with zero attached hydrogens (tertiary/aromatic N) is 2. The second kappa shape index (κ2) is 16.0. The van der Waals surface area contributed by atoms with Crippen molar-refractivity contribution in [2.24, 2.45) is 11.5 Å². The van der Waals surface area contributed by atoms with Gasteiger partial charge in [-0.1, -0.05) is 0 Å². The van der Waals surface area contributed by atoms with Crippen LogP contribution in [0.1, 0.15) is 101 Å². The Morgan fingerprint density at radius 1 is 0.622 bits per heavy atom. The molecule has 0 radical (unpaired) electrons. The summed E-state index contributed by atoms with van der Waals surface area (Å²) in [4.78, 5) is 40.9. The molecular weight excluding hydrogens is 476 g/mol. The number of carbonyl (C=O) groups excluding carboxylic acids is 3. The van der Waals surface area contributed by atoms with Gasteiger partial charge in [-0.2, -0.15) is 0 Å². The predicted molar refractivity (Wildman–Crippen MR) is 146 cm³/mol. The molecule has 0 aromatic heterocycles. The van der Waals surface area contributed by atoms with Crippen molar-refractivity contribution in [2.75, 3.05) is 32.7 Å². The number of hydrogen-bond donors (Lipinski definition) is 2. The van der Waals surface area contributed by atoms with Crippen LogP contribution in [-0.2, 0) is 19.0 Å². The van der Waals surface area contributed by atoms with Gasteiger partial charge in [-0.25, -0.2) is 9.59 Å². The van der Waals surface area contributed by atoms with Crippen molar-refractivity contribution in [3.8, 4) is 0 Å². The Hall–Kier alpha value is -2.07. The van der Waals surface area contributed by atoms with Crippen molar-refractivity contribution in [1.29, 1.82) is 0 Å². The fraction of sp³-hybridized carbons (Fsp3) is 0.889. The van der Waals surface area contributed by atoms with Gasteiger partial charge in [0.25, 0.3) is 0 Å². The van der Waals surface area contributed by atoms with Crippen molar-refractivity contribution in [1.82, 2.24) is 9.80 Å². The third kappa shape index (κ3) is 18.8. The van der Waals surface area contributed by atoms with E-state index in [0.29, 0.717) is 58.4 Å². The number of unbranched alkanes of at least 4 members (excludes halogenated alkanes) is 2. The summed E-state index contributed by atoms with van der Waals surface area (Å²) in [6, 6.07) is -0.754. The average Bonchev–Trinajstić information content (AvgIpc) is 2.70. The monoisotopic (exact) mass is 530 g/mol. The highest BCUT2D eigenvalue weighted by atomic mass is 16.6. The highest BCUT2D eigenvalue weighted by Gasteiger charge is 2.25. The van der Waals surface area contributed by atoms with Crippen LogP contribution in [0.25, 0.3) is 0 Å². The van der Waals surface area contributed by atoms with E-state index in [2.05, 4.69) is 0 Å². The number of carbonyl (C=O) groups is 3. The second-order valence-corrected chi connectivity index (χ2v) is 12.4. The molecular formula is C27H54N4O6. The second-order valence-electron chi connectivity index (χ2n) is 12.4. The van der Waals surface area contributed by atoms with Crippen LogP contribution in [0.15, 0.2) is 0 Å². The molecule has 37 heavy (non-hydrogen) atoms. The molecule has 1 atom stereocenters. The average molecular weight is 531 g/mol. The van der Waals surface area contributed by atoms with E-state index in [4.69, 9.17) is 25.7 Å². The van der Waals surface area contributed by atoms with Crippen LogP contribution in [0.4, 0.5) is 9.59 Å². The third-order valence-corrected chi connectivity index (χ3v) is 4.94. The molecule has 0 aromatic carbocycles. The van der Waals surface area contributed by atoms with Gasteiger partial charge in [0.15, 0.2) is 0 Å². The Bertz CT molecular complexity index is 694. The molecule has 0 saturated heterocycles. The molecule has 218 valence electrons. The van der Waals surface area contributed by atoms with E-state index in [1.165, 1.54) is 0 Å². The minimum Gasteiger partial charge on any atom is -0.459 e. The lowest BCUT2D eigenvalue weighted by atomic mass is 10.1. The maximum absolute atomic E-state index is 12.8. The minimum atomic E-state index is -0.754. The zero-order valence-corrected chi connectivity index (χ0v) is 24.9. The summed E-state index contributed by atoms with van der Waals surface area (Å²) in [5.74, 6) is -0.451. The lowest BCUT2D eigenvalue weighted by Gasteiger charge is -2.29. The number of esters is 1. The van der Waals surface area contributed by atoms with Gasteiger partial charge in [0.1, 0.15) is 22.8 Å². The smallest absolute Gasteiger partial charge is 0.410 e. The van der Waals surface area contributed by atoms with Gasteiger partial charge in [0, 0.05) is 26.2 Å². The molecule has 0 aliphatic heterocycles. The summed E-state index contributed by atoms with van der Waals surface area (Å²) in [5.41, 5.74) is 9.80. The first-order valence-electron chi connectivity index (χ1n) is 13.5. The maximum Gasteiger partial charge on any atom is 0.410 e. The molecule has 0 heterocycles. The van der Waals surface area contributed by atoms with Crippen LogP contribution >= 0.6 is 0 Å². The van der Waals surface area contributed by atoms with Gasteiger partial charge in [0.05, 0.1) is 0 Å². The normalized spacial score (nSPS) is 13.1. The zero-order chi connectivity index (χ0) is 28.9. The van der Waals surface area contributed by atoms with Gasteiger partial charge in [-0.3, -0.25) is 4.79 Å². The van der Waals surface area contributed by atoms with Gasteiger partial charge < -0.3 is 35.5 Å². The van der Waals surface area contributed by atoms with Crippen molar-refractivity contribution < 1.29 is 28.6 Å². The fourth-order valence-electron chi connectivity index (χ4n) is 3.29. The molecule has 0 saturated carbocycles. The topological polar surface area (TPSA) is 137 Å². The Morgan fingerprint density at radius 2 is 0.973 bits per heavy atom. The highest BCUT2D eigenvalue weighted by Crippen LogP contribution is 2.15. The fourth-order valence-corrected chi connectivity index (χ4v) is 3.29. The first kappa shape index (κ1) is 34.9. The molecule has 0 aliphatic rings. The predicted octanol–water partition coefficient (Wildman–Crippen LogP) is 4.43. The number of nitrogens with two attached hydrogens (primary N) is 2. The summed E-state index contributed by atoms with van der Waals surface area (Å²) >= 11 is 0. The van der Waals surface area contributed by atoms with Crippen LogP contribution in [0.2, 0.25) is 0 Å². The van der Waals surface area contributed by atoms with Crippen LogP contribution < -0.4 is 11.5 Å². The molecule has 0 spiro atoms. The summed E-state index contributed by atoms with van der Waals surface area (Å²) in [5, 5.41) is 0. The largest absolute Gasteiger partial charge is 0.459 e. The first-order valence-corrected chi connectivity index (χ1v) is 13.5. The molecule has 0 aromatic rings. The molecule has 4 N–H and O–H groups in total. The van der Waals surface area contributed by atoms with Crippen molar-refractivity contribution >= 4 is 18.2 Å². The Morgan fingerprint density at radius 3 is 1.32 bits per heavy atom. The van der Waals surface area contributed by atoms with Crippen molar-refractivity contribution in [3.05, 3.63) is 0 Å². The lowest BCUT2D eigenvalue weighted by molar-refractivity contribution is -0.156. The summed E-state index contributed by atoms with van der Waals surface area (Å²) < 4.78 is 16.5. The first-order chi connectivity index (χ1) is 16.8. The van der Waals surface area contributed by atoms with Crippen LogP contribution in [0, 0.1) is 0 Å². The number of rotatable bonds is 14. The van der Waals surface area contributed by atoms with Crippen molar-refractivity contribution in [3.63, 3.8) is 0 Å². The number of hydrogen-bond acceptors (Lipinski definition) is 8. The Labute approximate surface area is 224 Å². The minimum absolute atomic E-state index is 0.343. The molecule has 0 aliphatic carbocycles. The summed E-state index contributed by atoms with van der Waals surface area (Å²) in [7, 11) is 0. The van der Waals surface area contributed by atoms with Gasteiger partial charge >= 0.3 is 18.2 Å². The third-order valence-electron chi connectivity index (χ3n) is 4.94. The van der Waals surface area contributed by atoms with Gasteiger partial charge in [-0.05, 0) is 107 Å². The Balaban J connectivity index is 4.99. The van der Waals surface area contributed by atoms with Crippen molar-refractivity contribution in [2.45, 2.75) is 124 Å². The molecule has 2 amide bonds. The molecule has 0 rings (SSSR count). The molecule has 10 heteroatoms. The molecule has 0 bridgehead atoms. The van der Waals surface area contributed by atoms with Crippen LogP contribution in [0.3, 0.4) is 0 Å². The summed E-state index contributed by atoms with van der Waals surface area (Å²) in [6.45, 7) is 18.9. The SMILES string of the molecule is CC(C)(C)OC(=O)C(N)CCCN(CCCCN(CCCCN)C(=O)OC(C)(C)C)C(=O)OC(C)(C)C. The molecule has 10 nitrogen and oxygen atoms in total. The maximum atomic E-state index is 12.8.